The maximum Gasteiger partial charge on any atom is 0.323 e. The number of hydrogen-bond acceptors (Lipinski definition) is 5. The fraction of sp³-hybridized carbons (Fsp3) is 0.500. The number of nitrogens with zero attached hydrogens (tertiary/aromatic N) is 2. The summed E-state index contributed by atoms with van der Waals surface area (Å²) in [6.45, 7) is 1.84. The molecule has 0 radical (unpaired) electrons. The van der Waals surface area contributed by atoms with Gasteiger partial charge in [0.05, 0.1) is 0 Å². The topological polar surface area (TPSA) is 92.9 Å². The van der Waals surface area contributed by atoms with Gasteiger partial charge in [-0.25, -0.2) is 0 Å². The lowest BCUT2D eigenvalue weighted by atomic mass is 10.3. The van der Waals surface area contributed by atoms with Crippen molar-refractivity contribution in [2.24, 2.45) is 0 Å². The molecule has 17 heavy (non-hydrogen) atoms. The van der Waals surface area contributed by atoms with E-state index in [-0.39, 0.29) is 25.4 Å². The molecule has 7 heteroatoms. The molecule has 0 atom stereocenters. The van der Waals surface area contributed by atoms with Gasteiger partial charge in [-0.15, -0.1) is 0 Å². The summed E-state index contributed by atoms with van der Waals surface area (Å²) in [6.07, 6.45) is 0. The van der Waals surface area contributed by atoms with Crippen LogP contribution in [0.5, 0.6) is 0 Å². The Morgan fingerprint density at radius 3 is 2.82 bits per heavy atom. The zero-order valence-electron chi connectivity index (χ0n) is 9.67. The molecule has 1 N–H and O–H groups in total. The number of ether oxygens (including phenoxy) is 1. The smallest absolute Gasteiger partial charge is 0.323 e. The Balaban J connectivity index is 2.75. The lowest BCUT2D eigenvalue weighted by Crippen LogP contribution is -2.35. The van der Waals surface area contributed by atoms with Crippen LogP contribution in [0.2, 0.25) is 0 Å². The third kappa shape index (κ3) is 3.56. The second-order valence-electron chi connectivity index (χ2n) is 3.32. The SMILES string of the molecule is CCN(CC(=O)O)C(=O)c1cc(COC)on1. The van der Waals surface area contributed by atoms with Crippen LogP contribution < -0.4 is 0 Å². The summed E-state index contributed by atoms with van der Waals surface area (Å²) in [5.41, 5.74) is 0.0835. The molecule has 0 fully saturated rings. The van der Waals surface area contributed by atoms with E-state index >= 15 is 0 Å². The number of aliphatic carboxylic acids is 1. The number of hydrogen-bond donors (Lipinski definition) is 1. The second-order valence-corrected chi connectivity index (χ2v) is 3.32. The highest BCUT2D eigenvalue weighted by atomic mass is 16.5. The molecule has 0 spiro atoms. The molecule has 0 aliphatic heterocycles. The number of carboxylic acids is 1. The Labute approximate surface area is 97.9 Å². The molecule has 94 valence electrons. The van der Waals surface area contributed by atoms with Gasteiger partial charge in [-0.2, -0.15) is 0 Å². The summed E-state index contributed by atoms with van der Waals surface area (Å²) in [5.74, 6) is -1.12. The van der Waals surface area contributed by atoms with Crippen molar-refractivity contribution in [3.8, 4) is 0 Å². The summed E-state index contributed by atoms with van der Waals surface area (Å²) >= 11 is 0. The summed E-state index contributed by atoms with van der Waals surface area (Å²) in [6, 6.07) is 1.44. The molecule has 7 nitrogen and oxygen atoms in total. The highest BCUT2D eigenvalue weighted by molar-refractivity contribution is 5.94. The van der Waals surface area contributed by atoms with Crippen molar-refractivity contribution in [3.05, 3.63) is 17.5 Å². The van der Waals surface area contributed by atoms with Gasteiger partial charge in [-0.05, 0) is 6.92 Å². The predicted octanol–water partition coefficient (Wildman–Crippen LogP) is 0.368. The zero-order chi connectivity index (χ0) is 12.8. The van der Waals surface area contributed by atoms with Gasteiger partial charge >= 0.3 is 5.97 Å². The van der Waals surface area contributed by atoms with E-state index in [9.17, 15) is 9.59 Å². The number of aromatic nitrogens is 1. The van der Waals surface area contributed by atoms with Gasteiger partial charge < -0.3 is 19.3 Å². The molecule has 0 bridgehead atoms. The van der Waals surface area contributed by atoms with Crippen LogP contribution in [0.1, 0.15) is 23.2 Å². The average molecular weight is 242 g/mol. The van der Waals surface area contributed by atoms with E-state index < -0.39 is 11.9 Å². The molecule has 0 unspecified atom stereocenters. The van der Waals surface area contributed by atoms with E-state index in [4.69, 9.17) is 14.4 Å². The van der Waals surface area contributed by atoms with Crippen LogP contribution in [0.4, 0.5) is 0 Å². The Morgan fingerprint density at radius 1 is 1.59 bits per heavy atom. The summed E-state index contributed by atoms with van der Waals surface area (Å²) in [4.78, 5) is 23.5. The third-order valence-electron chi connectivity index (χ3n) is 2.06. The first-order valence-corrected chi connectivity index (χ1v) is 5.04. The van der Waals surface area contributed by atoms with Crippen LogP contribution in [0, 0.1) is 0 Å². The van der Waals surface area contributed by atoms with Gasteiger partial charge in [0.1, 0.15) is 13.2 Å². The normalized spacial score (nSPS) is 10.2. The Kier molecular flexibility index (Phi) is 4.65. The van der Waals surface area contributed by atoms with Crippen molar-refractivity contribution in [1.29, 1.82) is 0 Å². The van der Waals surface area contributed by atoms with Crippen molar-refractivity contribution < 1.29 is 24.0 Å². The van der Waals surface area contributed by atoms with E-state index in [2.05, 4.69) is 5.16 Å². The number of likely N-dealkylation sites (N-methyl/N-ethyl adjacent to an activating group) is 1. The quantitative estimate of drug-likeness (QED) is 0.774. The minimum Gasteiger partial charge on any atom is -0.480 e. The Bertz CT molecular complexity index is 401. The molecule has 0 aromatic carbocycles. The van der Waals surface area contributed by atoms with Crippen molar-refractivity contribution in [2.75, 3.05) is 20.2 Å². The van der Waals surface area contributed by atoms with Crippen LogP contribution in [0.15, 0.2) is 10.6 Å². The first kappa shape index (κ1) is 13.2. The summed E-state index contributed by atoms with van der Waals surface area (Å²) in [7, 11) is 1.49. The van der Waals surface area contributed by atoms with Crippen LogP contribution in [-0.4, -0.2) is 47.2 Å². The highest BCUT2D eigenvalue weighted by Crippen LogP contribution is 2.07. The number of amides is 1. The van der Waals surface area contributed by atoms with E-state index in [1.54, 1.807) is 6.92 Å². The summed E-state index contributed by atoms with van der Waals surface area (Å²) < 4.78 is 9.68. The van der Waals surface area contributed by atoms with Crippen molar-refractivity contribution in [1.82, 2.24) is 10.1 Å². The van der Waals surface area contributed by atoms with Gasteiger partial charge in [0, 0.05) is 19.7 Å². The van der Waals surface area contributed by atoms with Crippen molar-refractivity contribution in [3.63, 3.8) is 0 Å². The highest BCUT2D eigenvalue weighted by Gasteiger charge is 2.20. The minimum atomic E-state index is -1.07. The number of carbonyl (C=O) groups excluding carboxylic acids is 1. The minimum absolute atomic E-state index is 0.0835. The Hall–Kier alpha value is -1.89. The molecule has 1 aromatic rings. The molecule has 0 saturated carbocycles. The van der Waals surface area contributed by atoms with E-state index in [0.717, 1.165) is 4.90 Å². The second kappa shape index (κ2) is 6.00. The first-order chi connectivity index (χ1) is 8.08. The van der Waals surface area contributed by atoms with E-state index in [0.29, 0.717) is 5.76 Å². The molecule has 1 amide bonds. The fourth-order valence-electron chi connectivity index (χ4n) is 1.28. The molecule has 1 aromatic heterocycles. The molecule has 1 rings (SSSR count). The van der Waals surface area contributed by atoms with Gasteiger partial charge in [-0.3, -0.25) is 9.59 Å². The van der Waals surface area contributed by atoms with Crippen LogP contribution >= 0.6 is 0 Å². The standard InChI is InChI=1S/C10H14N2O5/c1-3-12(5-9(13)14)10(15)8-4-7(6-16-2)17-11-8/h4H,3,5-6H2,1-2H3,(H,13,14). The van der Waals surface area contributed by atoms with Gasteiger partial charge in [-0.1, -0.05) is 5.16 Å². The van der Waals surface area contributed by atoms with Crippen LogP contribution in [0.3, 0.4) is 0 Å². The van der Waals surface area contributed by atoms with Crippen LogP contribution in [-0.2, 0) is 16.1 Å². The monoisotopic (exact) mass is 242 g/mol. The summed E-state index contributed by atoms with van der Waals surface area (Å²) in [5, 5.41) is 12.2. The molecular weight excluding hydrogens is 228 g/mol. The molecule has 1 heterocycles. The molecule has 0 aliphatic carbocycles. The lowest BCUT2D eigenvalue weighted by Gasteiger charge is -2.16. The lowest BCUT2D eigenvalue weighted by molar-refractivity contribution is -0.137. The first-order valence-electron chi connectivity index (χ1n) is 5.04. The fourth-order valence-corrected chi connectivity index (χ4v) is 1.28. The van der Waals surface area contributed by atoms with Gasteiger partial charge in [0.2, 0.25) is 0 Å². The maximum atomic E-state index is 11.8. The number of carboxylic acid groups (broad SMARTS) is 1. The van der Waals surface area contributed by atoms with E-state index in [1.165, 1.54) is 13.2 Å². The van der Waals surface area contributed by atoms with Crippen molar-refractivity contribution >= 4 is 11.9 Å². The third-order valence-corrected chi connectivity index (χ3v) is 2.06. The Morgan fingerprint density at radius 2 is 2.29 bits per heavy atom. The molecule has 0 saturated heterocycles. The van der Waals surface area contributed by atoms with E-state index in [1.807, 2.05) is 0 Å². The maximum absolute atomic E-state index is 11.8. The number of carbonyl (C=O) groups is 2. The molecular formula is C10H14N2O5. The zero-order valence-corrected chi connectivity index (χ0v) is 9.67. The largest absolute Gasteiger partial charge is 0.480 e. The molecule has 0 aliphatic rings. The van der Waals surface area contributed by atoms with Gasteiger partial charge in [0.15, 0.2) is 11.5 Å². The number of methoxy groups -OCH3 is 1. The number of rotatable bonds is 6. The van der Waals surface area contributed by atoms with Crippen molar-refractivity contribution in [2.45, 2.75) is 13.5 Å². The predicted molar refractivity (Wildman–Crippen MR) is 56.4 cm³/mol. The average Bonchev–Trinajstić information content (AvgIpc) is 2.74. The van der Waals surface area contributed by atoms with Gasteiger partial charge in [0.25, 0.3) is 5.91 Å². The van der Waals surface area contributed by atoms with Crippen LogP contribution in [0.25, 0.3) is 0 Å².